The van der Waals surface area contributed by atoms with E-state index in [4.69, 9.17) is 4.74 Å². The average Bonchev–Trinajstić information content (AvgIpc) is 2.39. The minimum atomic E-state index is 0.525. The van der Waals surface area contributed by atoms with E-state index in [1.165, 1.54) is 10.0 Å². The maximum Gasteiger partial charge on any atom is 0.0466 e. The molecule has 0 aliphatic rings. The number of ether oxygens (including phenoxy) is 1. The molecule has 19 heavy (non-hydrogen) atoms. The van der Waals surface area contributed by atoms with Gasteiger partial charge in [-0.05, 0) is 37.3 Å². The van der Waals surface area contributed by atoms with Crippen LogP contribution in [0.2, 0.25) is 0 Å². The molecule has 0 saturated carbocycles. The Kier molecular flexibility index (Phi) is 8.35. The van der Waals surface area contributed by atoms with Crippen molar-refractivity contribution in [2.75, 3.05) is 19.8 Å². The first kappa shape index (κ1) is 16.7. The van der Waals surface area contributed by atoms with E-state index in [9.17, 15) is 0 Å². The van der Waals surface area contributed by atoms with Crippen LogP contribution in [-0.2, 0) is 4.74 Å². The summed E-state index contributed by atoms with van der Waals surface area (Å²) in [6.45, 7) is 9.12. The van der Waals surface area contributed by atoms with Gasteiger partial charge in [0, 0.05) is 30.3 Å². The molecule has 2 nitrogen and oxygen atoms in total. The van der Waals surface area contributed by atoms with E-state index in [0.717, 1.165) is 32.6 Å². The topological polar surface area (TPSA) is 21.3 Å². The monoisotopic (exact) mass is 327 g/mol. The third kappa shape index (κ3) is 6.55. The summed E-state index contributed by atoms with van der Waals surface area (Å²) >= 11 is 3.67. The molecule has 1 atom stereocenters. The van der Waals surface area contributed by atoms with Gasteiger partial charge in [0.15, 0.2) is 0 Å². The standard InChI is InChI=1S/C16H26BrNO/c1-4-19-11-7-8-14(12-18-13(2)3)15-9-5-6-10-16(15)17/h5-6,9-10,13-14,18H,4,7-8,11-12H2,1-3H3. The average molecular weight is 328 g/mol. The van der Waals surface area contributed by atoms with Gasteiger partial charge in [0.1, 0.15) is 0 Å². The van der Waals surface area contributed by atoms with Crippen molar-refractivity contribution in [2.24, 2.45) is 0 Å². The Morgan fingerprint density at radius 1 is 1.26 bits per heavy atom. The van der Waals surface area contributed by atoms with E-state index < -0.39 is 0 Å². The lowest BCUT2D eigenvalue weighted by molar-refractivity contribution is 0.141. The van der Waals surface area contributed by atoms with Gasteiger partial charge in [-0.15, -0.1) is 0 Å². The van der Waals surface area contributed by atoms with Crippen molar-refractivity contribution in [1.82, 2.24) is 5.32 Å². The Bertz CT molecular complexity index is 354. The van der Waals surface area contributed by atoms with Gasteiger partial charge in [0.25, 0.3) is 0 Å². The predicted molar refractivity (Wildman–Crippen MR) is 85.7 cm³/mol. The van der Waals surface area contributed by atoms with Gasteiger partial charge in [-0.25, -0.2) is 0 Å². The van der Waals surface area contributed by atoms with Gasteiger partial charge in [0.05, 0.1) is 0 Å². The molecule has 0 radical (unpaired) electrons. The van der Waals surface area contributed by atoms with E-state index >= 15 is 0 Å². The molecule has 0 aliphatic heterocycles. The van der Waals surface area contributed by atoms with Crippen LogP contribution in [0.3, 0.4) is 0 Å². The van der Waals surface area contributed by atoms with Gasteiger partial charge in [-0.2, -0.15) is 0 Å². The minimum absolute atomic E-state index is 0.525. The smallest absolute Gasteiger partial charge is 0.0466 e. The molecule has 0 aromatic heterocycles. The Labute approximate surface area is 126 Å². The summed E-state index contributed by atoms with van der Waals surface area (Å²) in [5, 5.41) is 3.55. The fourth-order valence-electron chi connectivity index (χ4n) is 2.13. The Morgan fingerprint density at radius 2 is 2.00 bits per heavy atom. The molecule has 1 aromatic carbocycles. The van der Waals surface area contributed by atoms with Gasteiger partial charge < -0.3 is 10.1 Å². The first-order valence-electron chi connectivity index (χ1n) is 7.20. The number of rotatable bonds is 9. The van der Waals surface area contributed by atoms with Gasteiger partial charge in [-0.3, -0.25) is 0 Å². The molecule has 3 heteroatoms. The molecule has 108 valence electrons. The number of hydrogen-bond acceptors (Lipinski definition) is 2. The number of halogens is 1. The lowest BCUT2D eigenvalue weighted by atomic mass is 9.94. The van der Waals surface area contributed by atoms with Crippen LogP contribution >= 0.6 is 15.9 Å². The maximum absolute atomic E-state index is 5.44. The van der Waals surface area contributed by atoms with E-state index in [0.29, 0.717) is 12.0 Å². The summed E-state index contributed by atoms with van der Waals surface area (Å²) < 4.78 is 6.65. The van der Waals surface area contributed by atoms with Crippen molar-refractivity contribution in [1.29, 1.82) is 0 Å². The van der Waals surface area contributed by atoms with Crippen LogP contribution in [-0.4, -0.2) is 25.8 Å². The molecule has 0 saturated heterocycles. The van der Waals surface area contributed by atoms with Crippen molar-refractivity contribution in [3.63, 3.8) is 0 Å². The quantitative estimate of drug-likeness (QED) is 0.681. The molecule has 0 heterocycles. The second kappa shape index (κ2) is 9.51. The predicted octanol–water partition coefficient (Wildman–Crippen LogP) is 4.35. The zero-order valence-electron chi connectivity index (χ0n) is 12.3. The molecule has 0 spiro atoms. The lowest BCUT2D eigenvalue weighted by Gasteiger charge is -2.21. The van der Waals surface area contributed by atoms with Gasteiger partial charge >= 0.3 is 0 Å². The number of nitrogens with one attached hydrogen (secondary N) is 1. The van der Waals surface area contributed by atoms with E-state index in [2.05, 4.69) is 59.4 Å². The molecule has 0 fully saturated rings. The maximum atomic E-state index is 5.44. The van der Waals surface area contributed by atoms with Crippen LogP contribution in [0.15, 0.2) is 28.7 Å². The molecular weight excluding hydrogens is 302 g/mol. The van der Waals surface area contributed by atoms with Crippen LogP contribution in [0.1, 0.15) is 45.1 Å². The molecule has 0 amide bonds. The summed E-state index contributed by atoms with van der Waals surface area (Å²) in [6.07, 6.45) is 2.27. The Balaban J connectivity index is 2.60. The molecule has 1 unspecified atom stereocenters. The fraction of sp³-hybridized carbons (Fsp3) is 0.625. The highest BCUT2D eigenvalue weighted by molar-refractivity contribution is 9.10. The van der Waals surface area contributed by atoms with E-state index in [-0.39, 0.29) is 0 Å². The van der Waals surface area contributed by atoms with E-state index in [1.54, 1.807) is 0 Å². The van der Waals surface area contributed by atoms with Crippen molar-refractivity contribution in [2.45, 2.75) is 45.6 Å². The third-order valence-electron chi connectivity index (χ3n) is 3.16. The highest BCUT2D eigenvalue weighted by Gasteiger charge is 2.14. The zero-order chi connectivity index (χ0) is 14.1. The van der Waals surface area contributed by atoms with E-state index in [1.807, 2.05) is 6.92 Å². The largest absolute Gasteiger partial charge is 0.382 e. The second-order valence-corrected chi connectivity index (χ2v) is 5.97. The zero-order valence-corrected chi connectivity index (χ0v) is 13.9. The summed E-state index contributed by atoms with van der Waals surface area (Å²) in [4.78, 5) is 0. The van der Waals surface area contributed by atoms with Crippen molar-refractivity contribution >= 4 is 15.9 Å². The Morgan fingerprint density at radius 3 is 2.63 bits per heavy atom. The highest BCUT2D eigenvalue weighted by atomic mass is 79.9. The molecule has 1 N–H and O–H groups in total. The molecule has 0 bridgehead atoms. The van der Waals surface area contributed by atoms with Crippen molar-refractivity contribution < 1.29 is 4.74 Å². The first-order valence-corrected chi connectivity index (χ1v) is 8.00. The van der Waals surface area contributed by atoms with Crippen molar-refractivity contribution in [3.05, 3.63) is 34.3 Å². The number of hydrogen-bond donors (Lipinski definition) is 1. The molecule has 0 aliphatic carbocycles. The Hall–Kier alpha value is -0.380. The summed E-state index contributed by atoms with van der Waals surface area (Å²) in [7, 11) is 0. The summed E-state index contributed by atoms with van der Waals surface area (Å²) in [5.41, 5.74) is 1.40. The molecular formula is C16H26BrNO. The first-order chi connectivity index (χ1) is 9.15. The normalized spacial score (nSPS) is 12.9. The van der Waals surface area contributed by atoms with Gasteiger partial charge in [0.2, 0.25) is 0 Å². The fourth-order valence-corrected chi connectivity index (χ4v) is 2.74. The summed E-state index contributed by atoms with van der Waals surface area (Å²) in [6, 6.07) is 9.06. The minimum Gasteiger partial charge on any atom is -0.382 e. The SMILES string of the molecule is CCOCCCC(CNC(C)C)c1ccccc1Br. The van der Waals surface area contributed by atoms with Crippen LogP contribution in [0.5, 0.6) is 0 Å². The lowest BCUT2D eigenvalue weighted by Crippen LogP contribution is -2.28. The van der Waals surface area contributed by atoms with Crippen LogP contribution in [0, 0.1) is 0 Å². The third-order valence-corrected chi connectivity index (χ3v) is 3.89. The summed E-state index contributed by atoms with van der Waals surface area (Å²) in [5.74, 6) is 0.540. The number of benzene rings is 1. The van der Waals surface area contributed by atoms with Crippen molar-refractivity contribution in [3.8, 4) is 0 Å². The highest BCUT2D eigenvalue weighted by Crippen LogP contribution is 2.28. The van der Waals surface area contributed by atoms with Crippen LogP contribution < -0.4 is 5.32 Å². The van der Waals surface area contributed by atoms with Crippen LogP contribution in [0.4, 0.5) is 0 Å². The molecule has 1 aromatic rings. The van der Waals surface area contributed by atoms with Crippen LogP contribution in [0.25, 0.3) is 0 Å². The van der Waals surface area contributed by atoms with Gasteiger partial charge in [-0.1, -0.05) is 48.0 Å². The molecule has 1 rings (SSSR count). The second-order valence-electron chi connectivity index (χ2n) is 5.12.